The Bertz CT molecular complexity index is 525. The van der Waals surface area contributed by atoms with Crippen molar-refractivity contribution in [2.45, 2.75) is 12.8 Å². The summed E-state index contributed by atoms with van der Waals surface area (Å²) in [6.07, 6.45) is 1.80. The average Bonchev–Trinajstić information content (AvgIpc) is 2.83. The number of amides is 1. The molecule has 1 amide bonds. The molecule has 0 aromatic heterocycles. The molecule has 1 unspecified atom stereocenters. The number of nitrogens with one attached hydrogen (secondary N) is 1. The van der Waals surface area contributed by atoms with Gasteiger partial charge in [0, 0.05) is 13.2 Å². The molecule has 21 heavy (non-hydrogen) atoms. The Morgan fingerprint density at radius 1 is 1.29 bits per heavy atom. The van der Waals surface area contributed by atoms with Gasteiger partial charge >= 0.3 is 0 Å². The largest absolute Gasteiger partial charge is 0.396 e. The van der Waals surface area contributed by atoms with Gasteiger partial charge in [0.25, 0.3) is 0 Å². The highest BCUT2D eigenvalue weighted by Gasteiger charge is 2.23. The van der Waals surface area contributed by atoms with Crippen LogP contribution in [-0.2, 0) is 4.79 Å². The standard InChI is InChI=1S/C14H17Cl3N2O2/c15-10-5-12(17)13(6-11(10)16)18-14(21)8-19-3-1-9(7-19)2-4-20/h5-6,9,20H,1-4,7-8H2,(H,18,21). The molecule has 1 aliphatic heterocycles. The normalized spacial score (nSPS) is 19.0. The first kappa shape index (κ1) is 16.8. The number of hydrogen-bond acceptors (Lipinski definition) is 3. The molecule has 1 heterocycles. The number of likely N-dealkylation sites (tertiary alicyclic amines) is 1. The summed E-state index contributed by atoms with van der Waals surface area (Å²) in [5.74, 6) is 0.330. The summed E-state index contributed by atoms with van der Waals surface area (Å²) in [5.41, 5.74) is 0.460. The van der Waals surface area contributed by atoms with Crippen molar-refractivity contribution in [3.8, 4) is 0 Å². The second kappa shape index (κ2) is 7.65. The quantitative estimate of drug-likeness (QED) is 0.800. The molecule has 4 nitrogen and oxygen atoms in total. The number of anilines is 1. The molecule has 0 radical (unpaired) electrons. The van der Waals surface area contributed by atoms with Crippen LogP contribution in [0.5, 0.6) is 0 Å². The molecule has 0 spiro atoms. The third-order valence-corrected chi connectivity index (χ3v) is 4.59. The van der Waals surface area contributed by atoms with E-state index in [2.05, 4.69) is 10.2 Å². The topological polar surface area (TPSA) is 52.6 Å². The van der Waals surface area contributed by atoms with Crippen molar-refractivity contribution in [3.63, 3.8) is 0 Å². The maximum absolute atomic E-state index is 12.0. The van der Waals surface area contributed by atoms with Crippen molar-refractivity contribution in [1.29, 1.82) is 0 Å². The Kier molecular flexibility index (Phi) is 6.14. The van der Waals surface area contributed by atoms with Crippen LogP contribution in [0.2, 0.25) is 15.1 Å². The molecule has 2 rings (SSSR count). The summed E-state index contributed by atoms with van der Waals surface area (Å²) >= 11 is 17.8. The fraction of sp³-hybridized carbons (Fsp3) is 0.500. The molecule has 1 aliphatic rings. The number of carbonyl (C=O) groups excluding carboxylic acids is 1. The molecule has 116 valence electrons. The van der Waals surface area contributed by atoms with Crippen LogP contribution >= 0.6 is 34.8 Å². The van der Waals surface area contributed by atoms with Crippen LogP contribution in [0.3, 0.4) is 0 Å². The van der Waals surface area contributed by atoms with Crippen molar-refractivity contribution in [2.75, 3.05) is 31.6 Å². The van der Waals surface area contributed by atoms with Gasteiger partial charge in [-0.3, -0.25) is 9.69 Å². The molecular formula is C14H17Cl3N2O2. The second-order valence-electron chi connectivity index (χ2n) is 5.20. The SMILES string of the molecule is O=C(CN1CCC(CCO)C1)Nc1cc(Cl)c(Cl)cc1Cl. The zero-order valence-corrected chi connectivity index (χ0v) is 13.7. The number of benzene rings is 1. The summed E-state index contributed by atoms with van der Waals surface area (Å²) in [4.78, 5) is 14.1. The monoisotopic (exact) mass is 350 g/mol. The van der Waals surface area contributed by atoms with Crippen LogP contribution in [0.25, 0.3) is 0 Å². The van der Waals surface area contributed by atoms with E-state index in [-0.39, 0.29) is 12.5 Å². The van der Waals surface area contributed by atoms with Crippen LogP contribution in [0.4, 0.5) is 5.69 Å². The predicted molar refractivity (Wildman–Crippen MR) is 86.4 cm³/mol. The zero-order valence-electron chi connectivity index (χ0n) is 11.4. The lowest BCUT2D eigenvalue weighted by molar-refractivity contribution is -0.117. The third-order valence-electron chi connectivity index (χ3n) is 3.56. The Labute approximate surface area is 139 Å². The van der Waals surface area contributed by atoms with Crippen LogP contribution < -0.4 is 5.32 Å². The minimum Gasteiger partial charge on any atom is -0.396 e. The van der Waals surface area contributed by atoms with Gasteiger partial charge in [-0.1, -0.05) is 34.8 Å². The van der Waals surface area contributed by atoms with Gasteiger partial charge in [-0.05, 0) is 37.4 Å². The molecule has 1 saturated heterocycles. The molecule has 1 aromatic carbocycles. The lowest BCUT2D eigenvalue weighted by Crippen LogP contribution is -2.31. The van der Waals surface area contributed by atoms with E-state index < -0.39 is 0 Å². The summed E-state index contributed by atoms with van der Waals surface area (Å²) in [6.45, 7) is 2.21. The summed E-state index contributed by atoms with van der Waals surface area (Å²) in [7, 11) is 0. The highest BCUT2D eigenvalue weighted by atomic mass is 35.5. The minimum atomic E-state index is -0.139. The highest BCUT2D eigenvalue weighted by molar-refractivity contribution is 6.44. The van der Waals surface area contributed by atoms with Crippen molar-refractivity contribution >= 4 is 46.4 Å². The molecule has 0 aliphatic carbocycles. The molecule has 1 aromatic rings. The second-order valence-corrected chi connectivity index (χ2v) is 6.42. The third kappa shape index (κ3) is 4.73. The summed E-state index contributed by atoms with van der Waals surface area (Å²) in [6, 6.07) is 3.05. The first-order chi connectivity index (χ1) is 9.99. The van der Waals surface area contributed by atoms with E-state index in [0.717, 1.165) is 25.9 Å². The van der Waals surface area contributed by atoms with E-state index in [1.54, 1.807) is 6.07 Å². The van der Waals surface area contributed by atoms with Gasteiger partial charge in [0.05, 0.1) is 27.3 Å². The van der Waals surface area contributed by atoms with Crippen LogP contribution in [0.1, 0.15) is 12.8 Å². The fourth-order valence-corrected chi connectivity index (χ4v) is 3.08. The van der Waals surface area contributed by atoms with Crippen LogP contribution in [0, 0.1) is 5.92 Å². The van der Waals surface area contributed by atoms with Gasteiger partial charge in [-0.2, -0.15) is 0 Å². The zero-order chi connectivity index (χ0) is 15.4. The van der Waals surface area contributed by atoms with E-state index in [9.17, 15) is 4.79 Å². The number of halogens is 3. The van der Waals surface area contributed by atoms with Crippen molar-refractivity contribution in [2.24, 2.45) is 5.92 Å². The highest BCUT2D eigenvalue weighted by Crippen LogP contribution is 2.32. The number of aliphatic hydroxyl groups is 1. The van der Waals surface area contributed by atoms with E-state index in [1.807, 2.05) is 0 Å². The van der Waals surface area contributed by atoms with Gasteiger partial charge in [-0.15, -0.1) is 0 Å². The molecule has 2 N–H and O–H groups in total. The van der Waals surface area contributed by atoms with Gasteiger partial charge in [0.2, 0.25) is 5.91 Å². The average molecular weight is 352 g/mol. The lowest BCUT2D eigenvalue weighted by Gasteiger charge is -2.16. The Balaban J connectivity index is 1.89. The summed E-state index contributed by atoms with van der Waals surface area (Å²) in [5, 5.41) is 12.7. The van der Waals surface area contributed by atoms with Crippen LogP contribution in [-0.4, -0.2) is 42.2 Å². The molecule has 0 saturated carbocycles. The van der Waals surface area contributed by atoms with Crippen molar-refractivity contribution in [1.82, 2.24) is 4.90 Å². The van der Waals surface area contributed by atoms with Crippen molar-refractivity contribution in [3.05, 3.63) is 27.2 Å². The number of rotatable bonds is 5. The summed E-state index contributed by atoms with van der Waals surface area (Å²) < 4.78 is 0. The van der Waals surface area contributed by atoms with Gasteiger partial charge in [0.1, 0.15) is 0 Å². The molecule has 1 fully saturated rings. The predicted octanol–water partition coefficient (Wildman–Crippen LogP) is 3.29. The van der Waals surface area contributed by atoms with E-state index in [1.165, 1.54) is 6.07 Å². The number of nitrogens with zero attached hydrogens (tertiary/aromatic N) is 1. The van der Waals surface area contributed by atoms with E-state index in [0.29, 0.717) is 33.2 Å². The lowest BCUT2D eigenvalue weighted by atomic mass is 10.1. The van der Waals surface area contributed by atoms with E-state index >= 15 is 0 Å². The fourth-order valence-electron chi connectivity index (χ4n) is 2.49. The number of aliphatic hydroxyl groups excluding tert-OH is 1. The maximum atomic E-state index is 12.0. The molecule has 7 heteroatoms. The Morgan fingerprint density at radius 3 is 2.71 bits per heavy atom. The number of carbonyl (C=O) groups is 1. The maximum Gasteiger partial charge on any atom is 0.238 e. The smallest absolute Gasteiger partial charge is 0.238 e. The van der Waals surface area contributed by atoms with E-state index in [4.69, 9.17) is 39.9 Å². The first-order valence-corrected chi connectivity index (χ1v) is 7.90. The van der Waals surface area contributed by atoms with Crippen LogP contribution in [0.15, 0.2) is 12.1 Å². The molecular weight excluding hydrogens is 335 g/mol. The van der Waals surface area contributed by atoms with Gasteiger partial charge < -0.3 is 10.4 Å². The molecule has 1 atom stereocenters. The van der Waals surface area contributed by atoms with Gasteiger partial charge in [-0.25, -0.2) is 0 Å². The Hall–Kier alpha value is -0.520. The number of hydrogen-bond donors (Lipinski definition) is 2. The van der Waals surface area contributed by atoms with Crippen molar-refractivity contribution < 1.29 is 9.90 Å². The van der Waals surface area contributed by atoms with Gasteiger partial charge in [0.15, 0.2) is 0 Å². The minimum absolute atomic E-state index is 0.139. The Morgan fingerprint density at radius 2 is 2.00 bits per heavy atom. The molecule has 0 bridgehead atoms. The first-order valence-electron chi connectivity index (χ1n) is 6.77.